The summed E-state index contributed by atoms with van der Waals surface area (Å²) < 4.78 is 0. The largest absolute Gasteiger partial charge is 0.353 e. The van der Waals surface area contributed by atoms with Crippen molar-refractivity contribution >= 4 is 11.6 Å². The lowest BCUT2D eigenvalue weighted by Crippen LogP contribution is -2.32. The quantitative estimate of drug-likeness (QED) is 0.358. The molecule has 20 heavy (non-hydrogen) atoms. The van der Waals surface area contributed by atoms with E-state index in [9.17, 15) is 10.1 Å². The van der Waals surface area contributed by atoms with Crippen LogP contribution in [-0.2, 0) is 0 Å². The Morgan fingerprint density at radius 3 is 2.40 bits per heavy atom. The first-order valence-electron chi connectivity index (χ1n) is 7.19. The average Bonchev–Trinajstić information content (AvgIpc) is 2.73. The maximum Gasteiger partial charge on any atom is 0.305 e. The number of anilines is 1. The highest BCUT2D eigenvalue weighted by molar-refractivity contribution is 5.30. The Labute approximate surface area is 118 Å². The van der Waals surface area contributed by atoms with Gasteiger partial charge in [-0.05, 0) is 12.8 Å². The van der Waals surface area contributed by atoms with E-state index >= 15 is 0 Å². The Morgan fingerprint density at radius 1 is 1.15 bits per heavy atom. The van der Waals surface area contributed by atoms with Crippen molar-refractivity contribution in [1.82, 2.24) is 15.3 Å². The zero-order chi connectivity index (χ0) is 14.2. The third-order valence-corrected chi connectivity index (χ3v) is 3.55. The van der Waals surface area contributed by atoms with Crippen LogP contribution in [0.15, 0.2) is 12.4 Å². The van der Waals surface area contributed by atoms with E-state index < -0.39 is 4.92 Å². The Kier molecular flexibility index (Phi) is 5.67. The summed E-state index contributed by atoms with van der Waals surface area (Å²) in [4.78, 5) is 17.8. The van der Waals surface area contributed by atoms with Crippen LogP contribution in [0.4, 0.5) is 11.6 Å². The van der Waals surface area contributed by atoms with Gasteiger partial charge in [-0.15, -0.1) is 0 Å². The third kappa shape index (κ3) is 4.73. The highest BCUT2D eigenvalue weighted by Crippen LogP contribution is 2.16. The molecule has 7 heteroatoms. The average molecular weight is 279 g/mol. The molecule has 1 aliphatic carbocycles. The highest BCUT2D eigenvalue weighted by atomic mass is 16.6. The molecule has 0 aromatic carbocycles. The fourth-order valence-electron chi connectivity index (χ4n) is 2.44. The highest BCUT2D eigenvalue weighted by Gasteiger charge is 2.11. The minimum absolute atomic E-state index is 0.0906. The second kappa shape index (κ2) is 7.74. The summed E-state index contributed by atoms with van der Waals surface area (Å²) in [5, 5.41) is 17.1. The molecule has 2 N–H and O–H groups in total. The van der Waals surface area contributed by atoms with Crippen molar-refractivity contribution in [3.8, 4) is 0 Å². The SMILES string of the molecule is O=[N+]([O-])c1cnc(NCCNC2CCCCCC2)nc1. The first kappa shape index (κ1) is 14.6. The van der Waals surface area contributed by atoms with Crippen molar-refractivity contribution < 1.29 is 4.92 Å². The Hall–Kier alpha value is -1.76. The van der Waals surface area contributed by atoms with Gasteiger partial charge in [0.2, 0.25) is 5.95 Å². The smallest absolute Gasteiger partial charge is 0.305 e. The maximum absolute atomic E-state index is 10.5. The molecule has 0 bridgehead atoms. The molecule has 1 aromatic rings. The zero-order valence-electron chi connectivity index (χ0n) is 11.5. The lowest BCUT2D eigenvalue weighted by Gasteiger charge is -2.16. The lowest BCUT2D eigenvalue weighted by molar-refractivity contribution is -0.385. The van der Waals surface area contributed by atoms with E-state index in [1.165, 1.54) is 50.9 Å². The van der Waals surface area contributed by atoms with Gasteiger partial charge in [-0.25, -0.2) is 9.97 Å². The normalized spacial score (nSPS) is 16.6. The van der Waals surface area contributed by atoms with Crippen LogP contribution in [0.2, 0.25) is 0 Å². The summed E-state index contributed by atoms with van der Waals surface area (Å²) in [7, 11) is 0. The Bertz CT molecular complexity index is 415. The standard InChI is InChI=1S/C13H21N5O2/c19-18(20)12-9-16-13(17-10-12)15-8-7-14-11-5-3-1-2-4-6-11/h9-11,14H,1-8H2,(H,15,16,17). The van der Waals surface area contributed by atoms with Gasteiger partial charge in [0.1, 0.15) is 12.4 Å². The van der Waals surface area contributed by atoms with Crippen molar-refractivity contribution in [1.29, 1.82) is 0 Å². The Morgan fingerprint density at radius 2 is 1.80 bits per heavy atom. The minimum Gasteiger partial charge on any atom is -0.353 e. The van der Waals surface area contributed by atoms with Crippen LogP contribution in [-0.4, -0.2) is 34.0 Å². The van der Waals surface area contributed by atoms with Gasteiger partial charge in [-0.2, -0.15) is 0 Å². The molecule has 1 aromatic heterocycles. The summed E-state index contributed by atoms with van der Waals surface area (Å²) in [6, 6.07) is 0.622. The van der Waals surface area contributed by atoms with Gasteiger partial charge in [-0.3, -0.25) is 10.1 Å². The predicted octanol–water partition coefficient (Wildman–Crippen LogP) is 2.11. The fourth-order valence-corrected chi connectivity index (χ4v) is 2.44. The van der Waals surface area contributed by atoms with E-state index in [-0.39, 0.29) is 5.69 Å². The van der Waals surface area contributed by atoms with Gasteiger partial charge in [-0.1, -0.05) is 25.7 Å². The monoisotopic (exact) mass is 279 g/mol. The van der Waals surface area contributed by atoms with Gasteiger partial charge in [0, 0.05) is 19.1 Å². The van der Waals surface area contributed by atoms with E-state index in [0.29, 0.717) is 18.5 Å². The molecule has 0 amide bonds. The van der Waals surface area contributed by atoms with Crippen molar-refractivity contribution in [2.24, 2.45) is 0 Å². The van der Waals surface area contributed by atoms with Gasteiger partial charge in [0.15, 0.2) is 0 Å². The third-order valence-electron chi connectivity index (χ3n) is 3.55. The van der Waals surface area contributed by atoms with Gasteiger partial charge in [0.05, 0.1) is 4.92 Å². The van der Waals surface area contributed by atoms with Crippen molar-refractivity contribution in [3.05, 3.63) is 22.5 Å². The van der Waals surface area contributed by atoms with E-state index in [4.69, 9.17) is 0 Å². The molecule has 1 heterocycles. The maximum atomic E-state index is 10.5. The molecule has 110 valence electrons. The van der Waals surface area contributed by atoms with Gasteiger partial charge in [0.25, 0.3) is 0 Å². The van der Waals surface area contributed by atoms with Crippen LogP contribution in [0.1, 0.15) is 38.5 Å². The summed E-state index contributed by atoms with van der Waals surface area (Å²) in [5.41, 5.74) is -0.0906. The van der Waals surface area contributed by atoms with Crippen LogP contribution in [0.3, 0.4) is 0 Å². The number of rotatable bonds is 6. The number of nitrogens with zero attached hydrogens (tertiary/aromatic N) is 3. The molecule has 0 atom stereocenters. The van der Waals surface area contributed by atoms with Crippen LogP contribution >= 0.6 is 0 Å². The molecule has 2 rings (SSSR count). The second-order valence-corrected chi connectivity index (χ2v) is 5.09. The van der Waals surface area contributed by atoms with E-state index in [1.54, 1.807) is 0 Å². The van der Waals surface area contributed by atoms with Crippen LogP contribution in [0, 0.1) is 10.1 Å². The summed E-state index contributed by atoms with van der Waals surface area (Å²) in [5.74, 6) is 0.429. The van der Waals surface area contributed by atoms with Crippen LogP contribution < -0.4 is 10.6 Å². The molecule has 1 fully saturated rings. The second-order valence-electron chi connectivity index (χ2n) is 5.09. The van der Waals surface area contributed by atoms with Gasteiger partial charge >= 0.3 is 5.69 Å². The van der Waals surface area contributed by atoms with Gasteiger partial charge < -0.3 is 10.6 Å². The van der Waals surface area contributed by atoms with E-state index in [1.807, 2.05) is 0 Å². The summed E-state index contributed by atoms with van der Waals surface area (Å²) in [6.45, 7) is 1.57. The number of aromatic nitrogens is 2. The molecule has 0 spiro atoms. The molecule has 0 unspecified atom stereocenters. The molecule has 7 nitrogen and oxygen atoms in total. The minimum atomic E-state index is -0.503. The molecule has 0 saturated heterocycles. The van der Waals surface area contributed by atoms with Crippen molar-refractivity contribution in [3.63, 3.8) is 0 Å². The van der Waals surface area contributed by atoms with Crippen LogP contribution in [0.25, 0.3) is 0 Å². The molecule has 1 saturated carbocycles. The molecule has 1 aliphatic rings. The van der Waals surface area contributed by atoms with Crippen molar-refractivity contribution in [2.45, 2.75) is 44.6 Å². The first-order chi connectivity index (χ1) is 9.75. The molecular weight excluding hydrogens is 258 g/mol. The molecule has 0 aliphatic heterocycles. The molecule has 0 radical (unpaired) electrons. The topological polar surface area (TPSA) is 93.0 Å². The zero-order valence-corrected chi connectivity index (χ0v) is 11.5. The van der Waals surface area contributed by atoms with E-state index in [2.05, 4.69) is 20.6 Å². The van der Waals surface area contributed by atoms with Crippen LogP contribution in [0.5, 0.6) is 0 Å². The number of hydrogen-bond acceptors (Lipinski definition) is 6. The number of hydrogen-bond donors (Lipinski definition) is 2. The summed E-state index contributed by atoms with van der Waals surface area (Å²) >= 11 is 0. The Balaban J connectivity index is 1.66. The fraction of sp³-hybridized carbons (Fsp3) is 0.692. The van der Waals surface area contributed by atoms with Crippen molar-refractivity contribution in [2.75, 3.05) is 18.4 Å². The lowest BCUT2D eigenvalue weighted by atomic mass is 10.1. The number of nitro groups is 1. The van der Waals surface area contributed by atoms with E-state index in [0.717, 1.165) is 6.54 Å². The predicted molar refractivity (Wildman–Crippen MR) is 76.7 cm³/mol. The number of nitrogens with one attached hydrogen (secondary N) is 2. The molecular formula is C13H21N5O2. The first-order valence-corrected chi connectivity index (χ1v) is 7.19. The summed E-state index contributed by atoms with van der Waals surface area (Å²) in [6.07, 6.45) is 10.3.